The zero-order chi connectivity index (χ0) is 12.3. The van der Waals surface area contributed by atoms with Crippen LogP contribution in [0.3, 0.4) is 0 Å². The molecule has 1 aliphatic carbocycles. The average Bonchev–Trinajstić information content (AvgIpc) is 2.27. The maximum Gasteiger partial charge on any atom is 0.230 e. The molecule has 1 unspecified atom stereocenters. The van der Waals surface area contributed by atoms with E-state index >= 15 is 0 Å². The molecule has 1 saturated heterocycles. The number of carbonyl (C=O) groups is 1. The number of nitrogens with zero attached hydrogens (tertiary/aromatic N) is 1. The number of rotatable bonds is 4. The summed E-state index contributed by atoms with van der Waals surface area (Å²) in [5.74, 6) is 0.399. The fraction of sp³-hybridized carbons (Fsp3) is 0.929. The Morgan fingerprint density at radius 2 is 2.18 bits per heavy atom. The molecule has 1 atom stereocenters. The fourth-order valence-corrected chi connectivity index (χ4v) is 3.26. The summed E-state index contributed by atoms with van der Waals surface area (Å²) in [6, 6.07) is 0.526. The molecule has 2 fully saturated rings. The summed E-state index contributed by atoms with van der Waals surface area (Å²) in [6.45, 7) is 4.15. The first-order valence-electron chi connectivity index (χ1n) is 7.17. The minimum atomic E-state index is -0.0999. The molecule has 0 aromatic carbocycles. The molecule has 1 amide bonds. The topological polar surface area (TPSA) is 32.3 Å². The number of piperidine rings is 1. The van der Waals surface area contributed by atoms with Crippen LogP contribution in [0.15, 0.2) is 0 Å². The van der Waals surface area contributed by atoms with Crippen LogP contribution >= 0.6 is 0 Å². The van der Waals surface area contributed by atoms with Crippen molar-refractivity contribution in [2.75, 3.05) is 20.1 Å². The molecule has 1 aliphatic heterocycles. The van der Waals surface area contributed by atoms with Gasteiger partial charge in [0.15, 0.2) is 0 Å². The van der Waals surface area contributed by atoms with Gasteiger partial charge in [-0.3, -0.25) is 4.79 Å². The minimum Gasteiger partial charge on any atom is -0.342 e. The van der Waals surface area contributed by atoms with Gasteiger partial charge in [0, 0.05) is 19.6 Å². The van der Waals surface area contributed by atoms with Crippen LogP contribution in [0.2, 0.25) is 0 Å². The van der Waals surface area contributed by atoms with Gasteiger partial charge in [0.25, 0.3) is 0 Å². The van der Waals surface area contributed by atoms with Gasteiger partial charge in [0.05, 0.1) is 5.41 Å². The van der Waals surface area contributed by atoms with Crippen LogP contribution in [0.4, 0.5) is 0 Å². The lowest BCUT2D eigenvalue weighted by molar-refractivity contribution is -0.146. The second-order valence-electron chi connectivity index (χ2n) is 5.81. The van der Waals surface area contributed by atoms with E-state index in [9.17, 15) is 4.79 Å². The molecule has 0 aromatic heterocycles. The van der Waals surface area contributed by atoms with Gasteiger partial charge in [-0.1, -0.05) is 13.3 Å². The molecule has 0 spiro atoms. The lowest BCUT2D eigenvalue weighted by Gasteiger charge is -2.43. The van der Waals surface area contributed by atoms with Gasteiger partial charge < -0.3 is 10.2 Å². The van der Waals surface area contributed by atoms with Gasteiger partial charge in [0.2, 0.25) is 5.91 Å². The molecular formula is C14H26N2O. The quantitative estimate of drug-likeness (QED) is 0.814. The zero-order valence-electron chi connectivity index (χ0n) is 11.3. The second kappa shape index (κ2) is 5.38. The smallest absolute Gasteiger partial charge is 0.230 e. The van der Waals surface area contributed by atoms with Crippen molar-refractivity contribution in [3.8, 4) is 0 Å². The van der Waals surface area contributed by atoms with Crippen molar-refractivity contribution in [2.45, 2.75) is 57.9 Å². The van der Waals surface area contributed by atoms with Gasteiger partial charge in [-0.2, -0.15) is 0 Å². The third-order valence-corrected chi connectivity index (χ3v) is 4.60. The number of hydrogen-bond donors (Lipinski definition) is 1. The molecule has 0 bridgehead atoms. The SMILES string of the molecule is CCCC1(C(=O)N(C)C2CCC2)CCCNC1. The second-order valence-corrected chi connectivity index (χ2v) is 5.81. The summed E-state index contributed by atoms with van der Waals surface area (Å²) >= 11 is 0. The first kappa shape index (κ1) is 12.9. The minimum absolute atomic E-state index is 0.0999. The summed E-state index contributed by atoms with van der Waals surface area (Å²) in [6.07, 6.45) is 8.06. The Morgan fingerprint density at radius 1 is 1.41 bits per heavy atom. The molecule has 1 N–H and O–H groups in total. The first-order valence-corrected chi connectivity index (χ1v) is 7.17. The predicted octanol–water partition coefficient (Wildman–Crippen LogP) is 2.17. The molecule has 2 rings (SSSR count). The molecule has 98 valence electrons. The third-order valence-electron chi connectivity index (χ3n) is 4.60. The highest BCUT2D eigenvalue weighted by Gasteiger charge is 2.42. The van der Waals surface area contributed by atoms with Crippen LogP contribution in [0.25, 0.3) is 0 Å². The first-order chi connectivity index (χ1) is 8.19. The van der Waals surface area contributed by atoms with E-state index in [1.807, 2.05) is 11.9 Å². The van der Waals surface area contributed by atoms with Gasteiger partial charge in [-0.05, 0) is 45.1 Å². The monoisotopic (exact) mass is 238 g/mol. The molecule has 0 aromatic rings. The molecule has 3 heteroatoms. The number of amides is 1. The van der Waals surface area contributed by atoms with Gasteiger partial charge in [-0.15, -0.1) is 0 Å². The Bertz CT molecular complexity index is 262. The summed E-state index contributed by atoms with van der Waals surface area (Å²) in [4.78, 5) is 14.8. The van der Waals surface area contributed by atoms with E-state index in [1.54, 1.807) is 0 Å². The van der Waals surface area contributed by atoms with Crippen molar-refractivity contribution < 1.29 is 4.79 Å². The van der Waals surface area contributed by atoms with Crippen LogP contribution in [0.1, 0.15) is 51.9 Å². The Hall–Kier alpha value is -0.570. The van der Waals surface area contributed by atoms with E-state index in [0.29, 0.717) is 11.9 Å². The predicted molar refractivity (Wildman–Crippen MR) is 69.9 cm³/mol. The molecule has 1 heterocycles. The molecule has 1 saturated carbocycles. The summed E-state index contributed by atoms with van der Waals surface area (Å²) in [5.41, 5.74) is -0.0999. The molecule has 0 radical (unpaired) electrons. The maximum absolute atomic E-state index is 12.7. The Balaban J connectivity index is 2.05. The molecule has 17 heavy (non-hydrogen) atoms. The standard InChI is InChI=1S/C14H26N2O/c1-3-8-14(9-5-10-15-11-14)13(17)16(2)12-6-4-7-12/h12,15H,3-11H2,1-2H3. The average molecular weight is 238 g/mol. The number of nitrogens with one attached hydrogen (secondary N) is 1. The van der Waals surface area contributed by atoms with E-state index in [2.05, 4.69) is 12.2 Å². The maximum atomic E-state index is 12.7. The lowest BCUT2D eigenvalue weighted by atomic mass is 9.75. The van der Waals surface area contributed by atoms with Gasteiger partial charge in [0.1, 0.15) is 0 Å². The van der Waals surface area contributed by atoms with Crippen LogP contribution < -0.4 is 5.32 Å². The summed E-state index contributed by atoms with van der Waals surface area (Å²) in [7, 11) is 2.01. The highest BCUT2D eigenvalue weighted by atomic mass is 16.2. The number of hydrogen-bond acceptors (Lipinski definition) is 2. The Morgan fingerprint density at radius 3 is 2.65 bits per heavy atom. The van der Waals surface area contributed by atoms with Crippen molar-refractivity contribution in [1.29, 1.82) is 0 Å². The zero-order valence-corrected chi connectivity index (χ0v) is 11.3. The van der Waals surface area contributed by atoms with Crippen molar-refractivity contribution in [2.24, 2.45) is 5.41 Å². The van der Waals surface area contributed by atoms with Crippen LogP contribution in [0.5, 0.6) is 0 Å². The van der Waals surface area contributed by atoms with Crippen molar-refractivity contribution in [3.63, 3.8) is 0 Å². The molecule has 2 aliphatic rings. The normalized spacial score (nSPS) is 29.8. The van der Waals surface area contributed by atoms with E-state index in [0.717, 1.165) is 38.8 Å². The third kappa shape index (κ3) is 2.49. The molecule has 3 nitrogen and oxygen atoms in total. The van der Waals surface area contributed by atoms with Crippen molar-refractivity contribution >= 4 is 5.91 Å². The highest BCUT2D eigenvalue weighted by Crippen LogP contribution is 2.36. The van der Waals surface area contributed by atoms with Crippen molar-refractivity contribution in [3.05, 3.63) is 0 Å². The molecular weight excluding hydrogens is 212 g/mol. The fourth-order valence-electron chi connectivity index (χ4n) is 3.26. The van der Waals surface area contributed by atoms with Crippen molar-refractivity contribution in [1.82, 2.24) is 10.2 Å². The van der Waals surface area contributed by atoms with Crippen LogP contribution in [-0.2, 0) is 4.79 Å². The van der Waals surface area contributed by atoms with Gasteiger partial charge >= 0.3 is 0 Å². The van der Waals surface area contributed by atoms with E-state index in [-0.39, 0.29) is 5.41 Å². The van der Waals surface area contributed by atoms with Gasteiger partial charge in [-0.25, -0.2) is 0 Å². The number of carbonyl (C=O) groups excluding carboxylic acids is 1. The van der Waals surface area contributed by atoms with Crippen LogP contribution in [-0.4, -0.2) is 37.0 Å². The highest BCUT2D eigenvalue weighted by molar-refractivity contribution is 5.83. The van der Waals surface area contributed by atoms with E-state index in [4.69, 9.17) is 0 Å². The largest absolute Gasteiger partial charge is 0.342 e. The van der Waals surface area contributed by atoms with E-state index in [1.165, 1.54) is 19.3 Å². The Kier molecular flexibility index (Phi) is 4.08. The summed E-state index contributed by atoms with van der Waals surface area (Å²) in [5, 5.41) is 3.42. The summed E-state index contributed by atoms with van der Waals surface area (Å²) < 4.78 is 0. The lowest BCUT2D eigenvalue weighted by Crippen LogP contribution is -2.54. The van der Waals surface area contributed by atoms with E-state index < -0.39 is 0 Å². The Labute approximate surface area is 105 Å². The van der Waals surface area contributed by atoms with Crippen LogP contribution in [0, 0.1) is 5.41 Å².